The van der Waals surface area contributed by atoms with Crippen LogP contribution in [0.15, 0.2) is 65.5 Å². The quantitative estimate of drug-likeness (QED) is 0.745. The van der Waals surface area contributed by atoms with Gasteiger partial charge in [-0.3, -0.25) is 9.78 Å². The van der Waals surface area contributed by atoms with Gasteiger partial charge in [-0.15, -0.1) is 0 Å². The van der Waals surface area contributed by atoms with Crippen LogP contribution >= 0.6 is 0 Å². The maximum Gasteiger partial charge on any atom is 0.261 e. The monoisotopic (exact) mass is 340 g/mol. The average molecular weight is 340 g/mol. The highest BCUT2D eigenvalue weighted by Gasteiger charge is 2.16. The van der Waals surface area contributed by atoms with Gasteiger partial charge in [0.25, 0.3) is 5.91 Å². The first kappa shape index (κ1) is 16.7. The molecule has 128 valence electrons. The summed E-state index contributed by atoms with van der Waals surface area (Å²) in [6.07, 6.45) is 4.12. The second kappa shape index (κ2) is 7.61. The van der Waals surface area contributed by atoms with Crippen molar-refractivity contribution in [3.8, 4) is 17.1 Å². The van der Waals surface area contributed by atoms with Crippen molar-refractivity contribution >= 4 is 5.91 Å². The number of nitrogens with one attached hydrogen (secondary N) is 1. The highest BCUT2D eigenvalue weighted by atomic mass is 19.1. The molecule has 0 bridgehead atoms. The molecule has 1 amide bonds. The topological polar surface area (TPSA) is 64.4 Å². The molecule has 6 heteroatoms. The molecule has 25 heavy (non-hydrogen) atoms. The van der Waals surface area contributed by atoms with E-state index >= 15 is 0 Å². The summed E-state index contributed by atoms with van der Waals surface area (Å²) in [7, 11) is 0. The molecule has 0 radical (unpaired) electrons. The maximum absolute atomic E-state index is 13.6. The normalized spacial score (nSPS) is 11.8. The molecule has 2 aromatic heterocycles. The predicted molar refractivity (Wildman–Crippen MR) is 90.3 cm³/mol. The number of aromatic nitrogens is 1. The third-order valence-corrected chi connectivity index (χ3v) is 3.58. The molecule has 0 spiro atoms. The zero-order valence-electron chi connectivity index (χ0n) is 13.6. The van der Waals surface area contributed by atoms with E-state index in [1.54, 1.807) is 43.8 Å². The Morgan fingerprint density at radius 1 is 1.28 bits per heavy atom. The Balaban J connectivity index is 1.59. The minimum absolute atomic E-state index is 0.0478. The molecule has 5 nitrogen and oxygen atoms in total. The molecule has 1 N–H and O–H groups in total. The largest absolute Gasteiger partial charge is 0.478 e. The Kier molecular flexibility index (Phi) is 5.09. The van der Waals surface area contributed by atoms with E-state index in [0.29, 0.717) is 5.76 Å². The number of benzene rings is 1. The van der Waals surface area contributed by atoms with E-state index in [1.165, 1.54) is 12.1 Å². The lowest BCUT2D eigenvalue weighted by molar-refractivity contribution is -0.127. The lowest BCUT2D eigenvalue weighted by Gasteiger charge is -2.15. The van der Waals surface area contributed by atoms with Gasteiger partial charge in [-0.25, -0.2) is 4.39 Å². The smallest absolute Gasteiger partial charge is 0.261 e. The lowest BCUT2D eigenvalue weighted by Crippen LogP contribution is -2.36. The summed E-state index contributed by atoms with van der Waals surface area (Å²) < 4.78 is 24.3. The molecule has 3 rings (SSSR count). The minimum atomic E-state index is -0.821. The van der Waals surface area contributed by atoms with E-state index in [0.717, 1.165) is 11.1 Å². The van der Waals surface area contributed by atoms with Crippen LogP contribution in [0, 0.1) is 5.82 Å². The van der Waals surface area contributed by atoms with E-state index in [2.05, 4.69) is 10.3 Å². The van der Waals surface area contributed by atoms with E-state index in [1.807, 2.05) is 12.1 Å². The summed E-state index contributed by atoms with van der Waals surface area (Å²) in [4.78, 5) is 16.3. The van der Waals surface area contributed by atoms with Crippen molar-refractivity contribution in [3.05, 3.63) is 72.5 Å². The number of nitrogens with zero attached hydrogens (tertiary/aromatic N) is 1. The zero-order chi connectivity index (χ0) is 17.6. The van der Waals surface area contributed by atoms with Gasteiger partial charge in [-0.1, -0.05) is 12.1 Å². The van der Waals surface area contributed by atoms with Gasteiger partial charge in [-0.2, -0.15) is 0 Å². The molecule has 2 heterocycles. The summed E-state index contributed by atoms with van der Waals surface area (Å²) in [5.74, 6) is -0.0901. The van der Waals surface area contributed by atoms with Crippen LogP contribution in [0.1, 0.15) is 12.5 Å². The molecule has 1 aromatic carbocycles. The molecule has 0 unspecified atom stereocenters. The maximum atomic E-state index is 13.6. The van der Waals surface area contributed by atoms with Gasteiger partial charge >= 0.3 is 0 Å². The number of hydrogen-bond acceptors (Lipinski definition) is 4. The molecule has 0 fully saturated rings. The summed E-state index contributed by atoms with van der Waals surface area (Å²) in [5.41, 5.74) is 1.65. The van der Waals surface area contributed by atoms with Gasteiger partial charge in [0.2, 0.25) is 0 Å². The fourth-order valence-corrected chi connectivity index (χ4v) is 2.28. The summed E-state index contributed by atoms with van der Waals surface area (Å²) in [6, 6.07) is 11.5. The van der Waals surface area contributed by atoms with Gasteiger partial charge in [-0.05, 0) is 42.8 Å². The summed E-state index contributed by atoms with van der Waals surface area (Å²) in [6.45, 7) is 1.85. The van der Waals surface area contributed by atoms with Gasteiger partial charge in [0.05, 0.1) is 6.26 Å². The second-order valence-corrected chi connectivity index (χ2v) is 5.47. The van der Waals surface area contributed by atoms with Crippen LogP contribution < -0.4 is 10.1 Å². The van der Waals surface area contributed by atoms with Crippen LogP contribution in [0.4, 0.5) is 4.39 Å². The fourth-order valence-electron chi connectivity index (χ4n) is 2.28. The van der Waals surface area contributed by atoms with Crippen molar-refractivity contribution in [1.29, 1.82) is 0 Å². The Labute approximate surface area is 144 Å². The molecular formula is C19H17FN2O3. The Morgan fingerprint density at radius 3 is 2.88 bits per heavy atom. The Morgan fingerprint density at radius 2 is 2.12 bits per heavy atom. The third-order valence-electron chi connectivity index (χ3n) is 3.58. The highest BCUT2D eigenvalue weighted by molar-refractivity contribution is 5.80. The molecular weight excluding hydrogens is 323 g/mol. The number of rotatable bonds is 6. The van der Waals surface area contributed by atoms with Crippen molar-refractivity contribution in [3.63, 3.8) is 0 Å². The van der Waals surface area contributed by atoms with Gasteiger partial charge in [0.15, 0.2) is 17.7 Å². The molecule has 0 aliphatic carbocycles. The number of hydrogen-bond donors (Lipinski definition) is 1. The van der Waals surface area contributed by atoms with Gasteiger partial charge in [0.1, 0.15) is 5.76 Å². The van der Waals surface area contributed by atoms with Crippen molar-refractivity contribution in [2.45, 2.75) is 19.6 Å². The number of carbonyl (C=O) groups excluding carboxylic acids is 1. The minimum Gasteiger partial charge on any atom is -0.478 e. The van der Waals surface area contributed by atoms with E-state index in [4.69, 9.17) is 9.15 Å². The number of amides is 1. The SMILES string of the molecule is C[C@H](Oc1ccccc1F)C(=O)NCc1cncc(-c2ccco2)c1. The van der Waals surface area contributed by atoms with Crippen LogP contribution in [0.5, 0.6) is 5.75 Å². The Bertz CT molecular complexity index is 849. The Hall–Kier alpha value is -3.15. The fraction of sp³-hybridized carbons (Fsp3) is 0.158. The predicted octanol–water partition coefficient (Wildman–Crippen LogP) is 3.56. The third kappa shape index (κ3) is 4.23. The second-order valence-electron chi connectivity index (χ2n) is 5.47. The number of furan rings is 1. The molecule has 3 aromatic rings. The average Bonchev–Trinajstić information content (AvgIpc) is 3.16. The zero-order valence-corrected chi connectivity index (χ0v) is 13.6. The van der Waals surface area contributed by atoms with Crippen LogP contribution in [0.3, 0.4) is 0 Å². The van der Waals surface area contributed by atoms with E-state index in [9.17, 15) is 9.18 Å². The van der Waals surface area contributed by atoms with Crippen molar-refractivity contribution < 1.29 is 18.3 Å². The number of para-hydroxylation sites is 1. The molecule has 1 atom stereocenters. The molecule has 0 aliphatic heterocycles. The van der Waals surface area contributed by atoms with Crippen LogP contribution in [-0.4, -0.2) is 17.0 Å². The first-order chi connectivity index (χ1) is 12.1. The first-order valence-corrected chi connectivity index (χ1v) is 7.80. The standard InChI is InChI=1S/C19H17FN2O3/c1-13(25-18-6-3-2-5-16(18)20)19(23)22-11-14-9-15(12-21-10-14)17-7-4-8-24-17/h2-10,12-13H,11H2,1H3,(H,22,23)/t13-/m0/s1. The molecule has 0 aliphatic rings. The number of halogens is 1. The van der Waals surface area contributed by atoms with Crippen molar-refractivity contribution in [1.82, 2.24) is 10.3 Å². The van der Waals surface area contributed by atoms with E-state index < -0.39 is 11.9 Å². The summed E-state index contributed by atoms with van der Waals surface area (Å²) >= 11 is 0. The van der Waals surface area contributed by atoms with Crippen LogP contribution in [-0.2, 0) is 11.3 Å². The lowest BCUT2D eigenvalue weighted by atomic mass is 10.1. The van der Waals surface area contributed by atoms with Crippen molar-refractivity contribution in [2.75, 3.05) is 0 Å². The van der Waals surface area contributed by atoms with E-state index in [-0.39, 0.29) is 18.2 Å². The summed E-state index contributed by atoms with van der Waals surface area (Å²) in [5, 5.41) is 2.75. The molecule has 0 saturated carbocycles. The van der Waals surface area contributed by atoms with Crippen molar-refractivity contribution in [2.24, 2.45) is 0 Å². The van der Waals surface area contributed by atoms with Gasteiger partial charge < -0.3 is 14.5 Å². The number of ether oxygens (including phenoxy) is 1. The van der Waals surface area contributed by atoms with Crippen LogP contribution in [0.2, 0.25) is 0 Å². The highest BCUT2D eigenvalue weighted by Crippen LogP contribution is 2.20. The molecule has 0 saturated heterocycles. The van der Waals surface area contributed by atoms with Crippen LogP contribution in [0.25, 0.3) is 11.3 Å². The van der Waals surface area contributed by atoms with Gasteiger partial charge in [0, 0.05) is 24.5 Å². The number of pyridine rings is 1. The number of carbonyl (C=O) groups is 1. The first-order valence-electron chi connectivity index (χ1n) is 7.80.